The Morgan fingerprint density at radius 3 is 1.81 bits per heavy atom. The first kappa shape index (κ1) is 25.3. The maximum absolute atomic E-state index is 11.6. The van der Waals surface area contributed by atoms with Crippen molar-refractivity contribution in [1.82, 2.24) is 5.32 Å². The van der Waals surface area contributed by atoms with E-state index in [9.17, 15) is 4.79 Å². The Hall–Kier alpha value is -0.730. The van der Waals surface area contributed by atoms with Crippen molar-refractivity contribution in [1.29, 1.82) is 0 Å². The zero-order valence-electron chi connectivity index (χ0n) is 16.9. The van der Waals surface area contributed by atoms with E-state index in [4.69, 9.17) is 23.7 Å². The largest absolute Gasteiger partial charge is 0.379 e. The third-order valence-electron chi connectivity index (χ3n) is 3.35. The molecular weight excluding hydrogens is 338 g/mol. The highest BCUT2D eigenvalue weighted by atomic mass is 16.5. The van der Waals surface area contributed by atoms with Gasteiger partial charge in [-0.05, 0) is 18.8 Å². The van der Waals surface area contributed by atoms with Gasteiger partial charge in [-0.1, -0.05) is 20.8 Å². The number of hydrogen-bond acceptors (Lipinski definition) is 6. The Kier molecular flexibility index (Phi) is 20.0. The SMILES string of the molecule is CCCOCCOCCOCCNC(=O)CCOCCOCCC(C)C. The molecule has 7 nitrogen and oxygen atoms in total. The minimum absolute atomic E-state index is 0.0290. The highest BCUT2D eigenvalue weighted by Crippen LogP contribution is 1.98. The summed E-state index contributed by atoms with van der Waals surface area (Å²) < 4.78 is 26.8. The van der Waals surface area contributed by atoms with E-state index in [-0.39, 0.29) is 5.91 Å². The van der Waals surface area contributed by atoms with Crippen LogP contribution in [0.1, 0.15) is 40.0 Å². The lowest BCUT2D eigenvalue weighted by atomic mass is 10.1. The average Bonchev–Trinajstić information content (AvgIpc) is 2.61. The summed E-state index contributed by atoms with van der Waals surface area (Å²) in [6.45, 7) is 12.7. The molecule has 0 saturated carbocycles. The summed E-state index contributed by atoms with van der Waals surface area (Å²) in [5.41, 5.74) is 0. The second-order valence-electron chi connectivity index (χ2n) is 6.34. The molecule has 0 aliphatic carbocycles. The number of hydrogen-bond donors (Lipinski definition) is 1. The number of ether oxygens (including phenoxy) is 5. The van der Waals surface area contributed by atoms with Crippen LogP contribution in [-0.4, -0.2) is 78.5 Å². The molecule has 0 unspecified atom stereocenters. The van der Waals surface area contributed by atoms with Gasteiger partial charge in [0.05, 0.1) is 52.9 Å². The maximum atomic E-state index is 11.6. The molecule has 156 valence electrons. The minimum atomic E-state index is -0.0290. The second kappa shape index (κ2) is 20.6. The van der Waals surface area contributed by atoms with Gasteiger partial charge in [0.2, 0.25) is 5.91 Å². The molecule has 0 fully saturated rings. The molecule has 26 heavy (non-hydrogen) atoms. The van der Waals surface area contributed by atoms with Gasteiger partial charge in [0.25, 0.3) is 0 Å². The predicted octanol–water partition coefficient (Wildman–Crippen LogP) is 2.03. The van der Waals surface area contributed by atoms with Crippen molar-refractivity contribution in [3.63, 3.8) is 0 Å². The third-order valence-corrected chi connectivity index (χ3v) is 3.35. The number of rotatable bonds is 20. The Balaban J connectivity index is 3.15. The van der Waals surface area contributed by atoms with Gasteiger partial charge in [0.1, 0.15) is 0 Å². The van der Waals surface area contributed by atoms with Gasteiger partial charge in [0.15, 0.2) is 0 Å². The lowest BCUT2D eigenvalue weighted by Gasteiger charge is -2.08. The van der Waals surface area contributed by atoms with E-state index < -0.39 is 0 Å². The van der Waals surface area contributed by atoms with Gasteiger partial charge in [-0.15, -0.1) is 0 Å². The molecule has 1 amide bonds. The fourth-order valence-corrected chi connectivity index (χ4v) is 1.84. The van der Waals surface area contributed by atoms with Crippen LogP contribution in [0.25, 0.3) is 0 Å². The molecule has 7 heteroatoms. The summed E-state index contributed by atoms with van der Waals surface area (Å²) in [6, 6.07) is 0. The van der Waals surface area contributed by atoms with Crippen LogP contribution in [0.15, 0.2) is 0 Å². The quantitative estimate of drug-likeness (QED) is 0.327. The van der Waals surface area contributed by atoms with Crippen LogP contribution in [0, 0.1) is 5.92 Å². The molecular formula is C19H39NO6. The number of amides is 1. The van der Waals surface area contributed by atoms with Crippen molar-refractivity contribution >= 4 is 5.91 Å². The predicted molar refractivity (Wildman–Crippen MR) is 101 cm³/mol. The van der Waals surface area contributed by atoms with Crippen molar-refractivity contribution in [3.05, 3.63) is 0 Å². The summed E-state index contributed by atoms with van der Waals surface area (Å²) in [5.74, 6) is 0.625. The van der Waals surface area contributed by atoms with Crippen molar-refractivity contribution in [2.45, 2.75) is 40.0 Å². The summed E-state index contributed by atoms with van der Waals surface area (Å²) in [7, 11) is 0. The lowest BCUT2D eigenvalue weighted by molar-refractivity contribution is -0.122. The fraction of sp³-hybridized carbons (Fsp3) is 0.947. The van der Waals surface area contributed by atoms with Crippen LogP contribution in [0.3, 0.4) is 0 Å². The molecule has 0 spiro atoms. The average molecular weight is 378 g/mol. The zero-order chi connectivity index (χ0) is 19.3. The minimum Gasteiger partial charge on any atom is -0.379 e. The fourth-order valence-electron chi connectivity index (χ4n) is 1.84. The monoisotopic (exact) mass is 377 g/mol. The third kappa shape index (κ3) is 21.3. The lowest BCUT2D eigenvalue weighted by Crippen LogP contribution is -2.28. The van der Waals surface area contributed by atoms with E-state index in [1.807, 2.05) is 0 Å². The van der Waals surface area contributed by atoms with E-state index in [2.05, 4.69) is 26.1 Å². The van der Waals surface area contributed by atoms with Gasteiger partial charge in [-0.25, -0.2) is 0 Å². The standard InChI is InChI=1S/C19H39NO6/c1-4-8-22-12-16-26-17-15-25-11-7-20-19(21)6-10-24-14-13-23-9-5-18(2)3/h18H,4-17H2,1-3H3,(H,20,21). The highest BCUT2D eigenvalue weighted by molar-refractivity contribution is 5.75. The summed E-state index contributed by atoms with van der Waals surface area (Å²) in [5, 5.41) is 2.80. The molecule has 0 aromatic rings. The van der Waals surface area contributed by atoms with Crippen molar-refractivity contribution in [2.24, 2.45) is 5.92 Å². The van der Waals surface area contributed by atoms with E-state index >= 15 is 0 Å². The van der Waals surface area contributed by atoms with Crippen LogP contribution < -0.4 is 5.32 Å². The van der Waals surface area contributed by atoms with Crippen molar-refractivity contribution in [2.75, 3.05) is 72.6 Å². The Labute approximate surface area is 159 Å². The molecule has 0 aromatic carbocycles. The normalized spacial score (nSPS) is 11.2. The number of nitrogens with one attached hydrogen (secondary N) is 1. The molecule has 0 aliphatic rings. The smallest absolute Gasteiger partial charge is 0.222 e. The van der Waals surface area contributed by atoms with E-state index in [1.54, 1.807) is 0 Å². The van der Waals surface area contributed by atoms with E-state index in [0.717, 1.165) is 26.1 Å². The first-order valence-electron chi connectivity index (χ1n) is 9.82. The number of carbonyl (C=O) groups excluding carboxylic acids is 1. The van der Waals surface area contributed by atoms with Gasteiger partial charge < -0.3 is 29.0 Å². The van der Waals surface area contributed by atoms with Crippen LogP contribution in [0.2, 0.25) is 0 Å². The summed E-state index contributed by atoms with van der Waals surface area (Å²) in [6.07, 6.45) is 2.44. The second-order valence-corrected chi connectivity index (χ2v) is 6.34. The van der Waals surface area contributed by atoms with Gasteiger partial charge in [0, 0.05) is 26.2 Å². The first-order chi connectivity index (χ1) is 12.7. The zero-order valence-corrected chi connectivity index (χ0v) is 16.9. The van der Waals surface area contributed by atoms with Crippen LogP contribution in [-0.2, 0) is 28.5 Å². The van der Waals surface area contributed by atoms with Gasteiger partial charge in [-0.2, -0.15) is 0 Å². The van der Waals surface area contributed by atoms with Gasteiger partial charge in [-0.3, -0.25) is 4.79 Å². The highest BCUT2D eigenvalue weighted by Gasteiger charge is 2.01. The van der Waals surface area contributed by atoms with Crippen LogP contribution >= 0.6 is 0 Å². The number of carbonyl (C=O) groups is 1. The molecule has 0 heterocycles. The molecule has 0 radical (unpaired) electrons. The van der Waals surface area contributed by atoms with Crippen molar-refractivity contribution in [3.8, 4) is 0 Å². The molecule has 0 aliphatic heterocycles. The Morgan fingerprint density at radius 2 is 1.23 bits per heavy atom. The Bertz CT molecular complexity index is 302. The molecule has 0 atom stereocenters. The van der Waals surface area contributed by atoms with Crippen LogP contribution in [0.5, 0.6) is 0 Å². The Morgan fingerprint density at radius 1 is 0.731 bits per heavy atom. The van der Waals surface area contributed by atoms with Crippen molar-refractivity contribution < 1.29 is 28.5 Å². The first-order valence-corrected chi connectivity index (χ1v) is 9.82. The topological polar surface area (TPSA) is 75.2 Å². The molecule has 0 bridgehead atoms. The maximum Gasteiger partial charge on any atom is 0.222 e. The molecule has 0 saturated heterocycles. The molecule has 0 aromatic heterocycles. The molecule has 1 N–H and O–H groups in total. The van der Waals surface area contributed by atoms with E-state index in [1.165, 1.54) is 0 Å². The van der Waals surface area contributed by atoms with E-state index in [0.29, 0.717) is 71.7 Å². The summed E-state index contributed by atoms with van der Waals surface area (Å²) >= 11 is 0. The van der Waals surface area contributed by atoms with Gasteiger partial charge >= 0.3 is 0 Å². The van der Waals surface area contributed by atoms with Crippen LogP contribution in [0.4, 0.5) is 0 Å². The molecule has 0 rings (SSSR count). The summed E-state index contributed by atoms with van der Waals surface area (Å²) in [4.78, 5) is 11.6.